The van der Waals surface area contributed by atoms with Gasteiger partial charge in [0.2, 0.25) is 10.0 Å². The number of H-pyrrole nitrogens is 1. The van der Waals surface area contributed by atoms with Crippen molar-refractivity contribution < 1.29 is 13.2 Å². The molecule has 8 nitrogen and oxygen atoms in total. The highest BCUT2D eigenvalue weighted by molar-refractivity contribution is 7.89. The van der Waals surface area contributed by atoms with Crippen LogP contribution in [0.4, 0.5) is 0 Å². The van der Waals surface area contributed by atoms with Gasteiger partial charge in [-0.2, -0.15) is 5.21 Å². The van der Waals surface area contributed by atoms with Crippen LogP contribution in [-0.4, -0.2) is 36.2 Å². The molecule has 0 aliphatic rings. The number of aromatic nitrogens is 4. The van der Waals surface area contributed by atoms with Crippen LogP contribution in [0, 0.1) is 6.92 Å². The normalized spacial score (nSPS) is 13.2. The number of sulfonamides is 1. The molecule has 9 heteroatoms. The average Bonchev–Trinajstić information content (AvgIpc) is 2.92. The zero-order chi connectivity index (χ0) is 14.8. The van der Waals surface area contributed by atoms with Crippen LogP contribution in [0.1, 0.15) is 24.4 Å². The first kappa shape index (κ1) is 14.4. The lowest BCUT2D eigenvalue weighted by atomic mass is 10.2. The van der Waals surface area contributed by atoms with Crippen molar-refractivity contribution in [1.29, 1.82) is 0 Å². The van der Waals surface area contributed by atoms with Gasteiger partial charge < -0.3 is 4.74 Å². The highest BCUT2D eigenvalue weighted by atomic mass is 32.2. The van der Waals surface area contributed by atoms with Crippen LogP contribution in [0.25, 0.3) is 0 Å². The van der Waals surface area contributed by atoms with Crippen LogP contribution >= 0.6 is 0 Å². The second-order valence-corrected chi connectivity index (χ2v) is 5.95. The Morgan fingerprint density at radius 1 is 1.40 bits per heavy atom. The third-order valence-electron chi connectivity index (χ3n) is 2.69. The topological polar surface area (TPSA) is 110 Å². The molecular formula is C11H15N5O3S. The minimum absolute atomic E-state index is 0.0790. The van der Waals surface area contributed by atoms with Gasteiger partial charge in [-0.25, -0.2) is 13.1 Å². The van der Waals surface area contributed by atoms with E-state index in [0.29, 0.717) is 0 Å². The van der Waals surface area contributed by atoms with Gasteiger partial charge in [0.1, 0.15) is 10.6 Å². The predicted octanol–water partition coefficient (Wildman–Crippen LogP) is 0.556. The number of hydrogen-bond acceptors (Lipinski definition) is 6. The standard InChI is InChI=1S/C11H15N5O3S/c1-7-4-5-9(19-3)10(6-7)20(17,18)14-8(2)11-12-15-16-13-11/h4-6,8,14H,1-3H3,(H,12,13,15,16). The SMILES string of the molecule is COc1ccc(C)cc1S(=O)(=O)NC(C)c1nn[nH]n1. The van der Waals surface area contributed by atoms with Crippen LogP contribution in [0.3, 0.4) is 0 Å². The second-order valence-electron chi connectivity index (χ2n) is 4.27. The zero-order valence-corrected chi connectivity index (χ0v) is 12.1. The number of aromatic amines is 1. The zero-order valence-electron chi connectivity index (χ0n) is 11.3. The van der Waals surface area contributed by atoms with Gasteiger partial charge in [0.15, 0.2) is 5.82 Å². The molecule has 0 aliphatic heterocycles. The fourth-order valence-corrected chi connectivity index (χ4v) is 3.15. The van der Waals surface area contributed by atoms with Crippen molar-refractivity contribution in [3.05, 3.63) is 29.6 Å². The smallest absolute Gasteiger partial charge is 0.244 e. The Kier molecular flexibility index (Phi) is 4.00. The summed E-state index contributed by atoms with van der Waals surface area (Å²) < 4.78 is 32.4. The summed E-state index contributed by atoms with van der Waals surface area (Å²) in [7, 11) is -2.32. The van der Waals surface area contributed by atoms with Gasteiger partial charge in [0, 0.05) is 0 Å². The lowest BCUT2D eigenvalue weighted by Crippen LogP contribution is -2.28. The van der Waals surface area contributed by atoms with E-state index in [0.717, 1.165) is 5.56 Å². The quantitative estimate of drug-likeness (QED) is 0.834. The Morgan fingerprint density at radius 3 is 2.75 bits per heavy atom. The van der Waals surface area contributed by atoms with Crippen molar-refractivity contribution >= 4 is 10.0 Å². The summed E-state index contributed by atoms with van der Waals surface area (Å²) in [6.45, 7) is 3.44. The lowest BCUT2D eigenvalue weighted by molar-refractivity contribution is 0.402. The first-order chi connectivity index (χ1) is 9.44. The van der Waals surface area contributed by atoms with Gasteiger partial charge in [-0.15, -0.1) is 10.2 Å². The average molecular weight is 297 g/mol. The summed E-state index contributed by atoms with van der Waals surface area (Å²) in [5.41, 5.74) is 0.818. The van der Waals surface area contributed by atoms with Gasteiger partial charge in [-0.1, -0.05) is 11.3 Å². The van der Waals surface area contributed by atoms with E-state index in [1.54, 1.807) is 32.0 Å². The van der Waals surface area contributed by atoms with E-state index in [1.807, 2.05) is 0 Å². The van der Waals surface area contributed by atoms with E-state index in [4.69, 9.17) is 4.74 Å². The number of nitrogens with zero attached hydrogens (tertiary/aromatic N) is 3. The molecule has 1 heterocycles. The maximum absolute atomic E-state index is 12.4. The van der Waals surface area contributed by atoms with Crippen LogP contribution < -0.4 is 9.46 Å². The van der Waals surface area contributed by atoms with Crippen LogP contribution in [-0.2, 0) is 10.0 Å². The number of benzene rings is 1. The molecule has 0 spiro atoms. The molecule has 2 rings (SSSR count). The number of ether oxygens (including phenoxy) is 1. The molecule has 0 saturated carbocycles. The van der Waals surface area contributed by atoms with E-state index in [2.05, 4.69) is 25.3 Å². The van der Waals surface area contributed by atoms with Crippen molar-refractivity contribution in [3.8, 4) is 5.75 Å². The number of hydrogen-bond donors (Lipinski definition) is 2. The highest BCUT2D eigenvalue weighted by Crippen LogP contribution is 2.25. The number of rotatable bonds is 5. The number of tetrazole rings is 1. The molecule has 0 fully saturated rings. The Bertz CT molecular complexity index is 684. The Labute approximate surface area is 116 Å². The highest BCUT2D eigenvalue weighted by Gasteiger charge is 2.24. The summed E-state index contributed by atoms with van der Waals surface area (Å²) in [4.78, 5) is 0.0790. The van der Waals surface area contributed by atoms with Gasteiger partial charge in [-0.05, 0) is 31.5 Å². The molecular weight excluding hydrogens is 282 g/mol. The van der Waals surface area contributed by atoms with Crippen LogP contribution in [0.15, 0.2) is 23.1 Å². The van der Waals surface area contributed by atoms with Gasteiger partial charge in [0.05, 0.1) is 13.2 Å². The second kappa shape index (κ2) is 5.55. The lowest BCUT2D eigenvalue weighted by Gasteiger charge is -2.14. The molecule has 0 radical (unpaired) electrons. The minimum Gasteiger partial charge on any atom is -0.495 e. The van der Waals surface area contributed by atoms with Crippen molar-refractivity contribution in [2.45, 2.75) is 24.8 Å². The number of methoxy groups -OCH3 is 1. The third-order valence-corrected chi connectivity index (χ3v) is 4.25. The van der Waals surface area contributed by atoms with E-state index in [9.17, 15) is 8.42 Å². The minimum atomic E-state index is -3.75. The van der Waals surface area contributed by atoms with Gasteiger partial charge in [-0.3, -0.25) is 0 Å². The number of aryl methyl sites for hydroxylation is 1. The number of nitrogens with one attached hydrogen (secondary N) is 2. The van der Waals surface area contributed by atoms with Crippen molar-refractivity contribution in [1.82, 2.24) is 25.3 Å². The fraction of sp³-hybridized carbons (Fsp3) is 0.364. The maximum atomic E-state index is 12.4. The summed E-state index contributed by atoms with van der Waals surface area (Å²) in [6, 6.07) is 4.33. The molecule has 1 atom stereocenters. The first-order valence-corrected chi connectivity index (χ1v) is 7.32. The molecule has 1 unspecified atom stereocenters. The van der Waals surface area contributed by atoms with Crippen molar-refractivity contribution in [3.63, 3.8) is 0 Å². The van der Waals surface area contributed by atoms with Gasteiger partial charge >= 0.3 is 0 Å². The Balaban J connectivity index is 2.33. The third kappa shape index (κ3) is 2.94. The molecule has 0 saturated heterocycles. The Morgan fingerprint density at radius 2 is 2.15 bits per heavy atom. The summed E-state index contributed by atoms with van der Waals surface area (Å²) in [5, 5.41) is 13.2. The molecule has 0 amide bonds. The van der Waals surface area contributed by atoms with E-state index >= 15 is 0 Å². The van der Waals surface area contributed by atoms with Crippen molar-refractivity contribution in [2.75, 3.05) is 7.11 Å². The predicted molar refractivity (Wildman–Crippen MR) is 70.6 cm³/mol. The largest absolute Gasteiger partial charge is 0.495 e. The van der Waals surface area contributed by atoms with Crippen LogP contribution in [0.5, 0.6) is 5.75 Å². The van der Waals surface area contributed by atoms with Crippen LogP contribution in [0.2, 0.25) is 0 Å². The van der Waals surface area contributed by atoms with E-state index in [-0.39, 0.29) is 16.5 Å². The molecule has 2 aromatic rings. The molecule has 0 aliphatic carbocycles. The monoisotopic (exact) mass is 297 g/mol. The summed E-state index contributed by atoms with van der Waals surface area (Å²) in [6.07, 6.45) is 0. The maximum Gasteiger partial charge on any atom is 0.244 e. The summed E-state index contributed by atoms with van der Waals surface area (Å²) >= 11 is 0. The van der Waals surface area contributed by atoms with E-state index < -0.39 is 16.1 Å². The molecule has 0 bridgehead atoms. The molecule has 20 heavy (non-hydrogen) atoms. The van der Waals surface area contributed by atoms with E-state index in [1.165, 1.54) is 7.11 Å². The molecule has 1 aromatic heterocycles. The first-order valence-electron chi connectivity index (χ1n) is 5.84. The summed E-state index contributed by atoms with van der Waals surface area (Å²) in [5.74, 6) is 0.545. The molecule has 2 N–H and O–H groups in total. The fourth-order valence-electron chi connectivity index (χ4n) is 1.70. The van der Waals surface area contributed by atoms with Crippen molar-refractivity contribution in [2.24, 2.45) is 0 Å². The molecule has 1 aromatic carbocycles. The molecule has 108 valence electrons. The van der Waals surface area contributed by atoms with Gasteiger partial charge in [0.25, 0.3) is 0 Å². The Hall–Kier alpha value is -2.00.